The third-order valence-corrected chi connectivity index (χ3v) is 3.24. The molecule has 1 aliphatic heterocycles. The highest BCUT2D eigenvalue weighted by Gasteiger charge is 2.32. The molecule has 1 saturated heterocycles. The van der Waals surface area contributed by atoms with E-state index in [0.717, 1.165) is 12.8 Å². The van der Waals surface area contributed by atoms with Gasteiger partial charge in [-0.25, -0.2) is 0 Å². The van der Waals surface area contributed by atoms with Crippen LogP contribution in [0.25, 0.3) is 0 Å². The second kappa shape index (κ2) is 5.65. The molecule has 1 N–H and O–H groups in total. The van der Waals surface area contributed by atoms with E-state index >= 15 is 0 Å². The summed E-state index contributed by atoms with van der Waals surface area (Å²) in [7, 11) is 0. The van der Waals surface area contributed by atoms with E-state index in [1.54, 1.807) is 0 Å². The van der Waals surface area contributed by atoms with Gasteiger partial charge in [0.1, 0.15) is 0 Å². The van der Waals surface area contributed by atoms with Gasteiger partial charge in [-0.15, -0.1) is 0 Å². The van der Waals surface area contributed by atoms with Crippen LogP contribution in [0.4, 0.5) is 0 Å². The molecule has 2 heteroatoms. The van der Waals surface area contributed by atoms with Crippen molar-refractivity contribution in [2.24, 2.45) is 0 Å². The smallest absolute Gasteiger partial charge is 0.0851 e. The maximum Gasteiger partial charge on any atom is 0.0851 e. The number of aliphatic hydroxyl groups is 1. The quantitative estimate of drug-likeness (QED) is 0.746. The highest BCUT2D eigenvalue weighted by atomic mass is 16.5. The van der Waals surface area contributed by atoms with Gasteiger partial charge in [-0.05, 0) is 44.8 Å². The molecule has 0 aromatic rings. The summed E-state index contributed by atoms with van der Waals surface area (Å²) in [6.07, 6.45) is 6.81. The van der Waals surface area contributed by atoms with Crippen LogP contribution in [0, 0.1) is 0 Å². The van der Waals surface area contributed by atoms with Gasteiger partial charge < -0.3 is 9.84 Å². The van der Waals surface area contributed by atoms with Crippen LogP contribution in [0.15, 0.2) is 23.3 Å². The van der Waals surface area contributed by atoms with Gasteiger partial charge in [0.25, 0.3) is 0 Å². The molecular formula is C14H24O2. The average Bonchev–Trinajstić information content (AvgIpc) is 2.23. The minimum absolute atomic E-state index is 0.0555. The van der Waals surface area contributed by atoms with Crippen LogP contribution in [0.1, 0.15) is 47.0 Å². The van der Waals surface area contributed by atoms with Crippen molar-refractivity contribution in [3.63, 3.8) is 0 Å². The van der Waals surface area contributed by atoms with Gasteiger partial charge in [0, 0.05) is 6.42 Å². The highest BCUT2D eigenvalue weighted by molar-refractivity contribution is 5.32. The molecule has 2 unspecified atom stereocenters. The normalized spacial score (nSPS) is 32.9. The zero-order valence-electron chi connectivity index (χ0n) is 10.9. The largest absolute Gasteiger partial charge is 0.390 e. The summed E-state index contributed by atoms with van der Waals surface area (Å²) in [6.45, 7) is 8.82. The molecule has 1 fully saturated rings. The first kappa shape index (κ1) is 13.5. The molecule has 1 rings (SSSR count). The molecule has 0 radical (unpaired) electrons. The first-order chi connectivity index (χ1) is 7.50. The Morgan fingerprint density at radius 2 is 2.25 bits per heavy atom. The second-order valence-electron chi connectivity index (χ2n) is 4.85. The molecule has 0 spiro atoms. The van der Waals surface area contributed by atoms with Gasteiger partial charge >= 0.3 is 0 Å². The van der Waals surface area contributed by atoms with Gasteiger partial charge in [-0.1, -0.05) is 19.1 Å². The van der Waals surface area contributed by atoms with E-state index in [9.17, 15) is 5.11 Å². The number of allylic oxidation sites excluding steroid dienone is 2. The van der Waals surface area contributed by atoms with Crippen molar-refractivity contribution in [2.45, 2.75) is 58.7 Å². The minimum atomic E-state index is -0.580. The van der Waals surface area contributed by atoms with E-state index in [2.05, 4.69) is 26.0 Å². The van der Waals surface area contributed by atoms with Gasteiger partial charge in [0.05, 0.1) is 18.3 Å². The number of hydrogen-bond acceptors (Lipinski definition) is 2. The first-order valence-corrected chi connectivity index (χ1v) is 6.17. The van der Waals surface area contributed by atoms with Crippen molar-refractivity contribution in [1.29, 1.82) is 0 Å². The lowest BCUT2D eigenvalue weighted by atomic mass is 9.86. The monoisotopic (exact) mass is 224 g/mol. The van der Waals surface area contributed by atoms with E-state index in [1.165, 1.54) is 11.1 Å². The third kappa shape index (κ3) is 3.46. The Labute approximate surface area is 99.0 Å². The zero-order chi connectivity index (χ0) is 12.2. The fourth-order valence-electron chi connectivity index (χ4n) is 2.11. The lowest BCUT2D eigenvalue weighted by molar-refractivity contribution is -0.0798. The summed E-state index contributed by atoms with van der Waals surface area (Å²) < 4.78 is 5.78. The molecule has 2 nitrogen and oxygen atoms in total. The summed E-state index contributed by atoms with van der Waals surface area (Å²) in [5.74, 6) is 0. The molecule has 92 valence electrons. The molecule has 16 heavy (non-hydrogen) atoms. The Hall–Kier alpha value is -0.600. The predicted molar refractivity (Wildman–Crippen MR) is 67.4 cm³/mol. The molecule has 0 aliphatic carbocycles. The summed E-state index contributed by atoms with van der Waals surface area (Å²) in [6, 6.07) is 0. The van der Waals surface area contributed by atoms with E-state index in [1.807, 2.05) is 13.8 Å². The lowest BCUT2D eigenvalue weighted by Gasteiger charge is -2.35. The highest BCUT2D eigenvalue weighted by Crippen LogP contribution is 2.31. The third-order valence-electron chi connectivity index (χ3n) is 3.24. The number of hydrogen-bond donors (Lipinski definition) is 1. The van der Waals surface area contributed by atoms with Crippen molar-refractivity contribution in [1.82, 2.24) is 0 Å². The Bertz CT molecular complexity index is 287. The number of rotatable bonds is 3. The van der Waals surface area contributed by atoms with E-state index in [-0.39, 0.29) is 6.10 Å². The van der Waals surface area contributed by atoms with Crippen molar-refractivity contribution >= 4 is 0 Å². The molecule has 0 aromatic carbocycles. The fourth-order valence-corrected chi connectivity index (χ4v) is 2.11. The fraction of sp³-hybridized carbons (Fsp3) is 0.714. The van der Waals surface area contributed by atoms with Crippen molar-refractivity contribution in [3.05, 3.63) is 23.3 Å². The van der Waals surface area contributed by atoms with Crippen LogP contribution < -0.4 is 0 Å². The summed E-state index contributed by atoms with van der Waals surface area (Å²) in [5.41, 5.74) is 1.92. The standard InChI is InChI=1S/C14H24O2/c1-5-7-12(11(3)6-2)13-10-14(4,15)8-9-16-13/h6-7,13,15H,5,8-10H2,1-4H3/b11-6-,12-7+. The predicted octanol–water partition coefficient (Wildman–Crippen LogP) is 3.22. The maximum absolute atomic E-state index is 10.1. The molecule has 0 amide bonds. The average molecular weight is 224 g/mol. The van der Waals surface area contributed by atoms with Crippen LogP contribution >= 0.6 is 0 Å². The van der Waals surface area contributed by atoms with Gasteiger partial charge in [-0.3, -0.25) is 0 Å². The van der Waals surface area contributed by atoms with E-state index < -0.39 is 5.60 Å². The molecule has 2 atom stereocenters. The topological polar surface area (TPSA) is 29.5 Å². The molecule has 1 aliphatic rings. The van der Waals surface area contributed by atoms with Crippen LogP contribution in [-0.4, -0.2) is 23.4 Å². The van der Waals surface area contributed by atoms with E-state index in [0.29, 0.717) is 13.0 Å². The van der Waals surface area contributed by atoms with Crippen LogP contribution in [0.5, 0.6) is 0 Å². The Kier molecular flexibility index (Phi) is 4.75. The van der Waals surface area contributed by atoms with Crippen LogP contribution in [0.2, 0.25) is 0 Å². The van der Waals surface area contributed by atoms with Crippen molar-refractivity contribution in [2.75, 3.05) is 6.61 Å². The molecule has 0 bridgehead atoms. The molecule has 0 aromatic heterocycles. The maximum atomic E-state index is 10.1. The van der Waals surface area contributed by atoms with Gasteiger partial charge in [-0.2, -0.15) is 0 Å². The van der Waals surface area contributed by atoms with Gasteiger partial charge in [0.2, 0.25) is 0 Å². The zero-order valence-corrected chi connectivity index (χ0v) is 10.9. The van der Waals surface area contributed by atoms with Crippen molar-refractivity contribution in [3.8, 4) is 0 Å². The van der Waals surface area contributed by atoms with E-state index in [4.69, 9.17) is 4.74 Å². The summed E-state index contributed by atoms with van der Waals surface area (Å²) in [5, 5.41) is 10.1. The van der Waals surface area contributed by atoms with Crippen LogP contribution in [-0.2, 0) is 4.74 Å². The molecular weight excluding hydrogens is 200 g/mol. The number of ether oxygens (including phenoxy) is 1. The SMILES string of the molecule is C/C=C(C)\C(=C/CC)C1CC(C)(O)CCO1. The Balaban J connectivity index is 2.84. The first-order valence-electron chi connectivity index (χ1n) is 6.17. The van der Waals surface area contributed by atoms with Crippen molar-refractivity contribution < 1.29 is 9.84 Å². The Morgan fingerprint density at radius 3 is 2.75 bits per heavy atom. The molecule has 1 heterocycles. The van der Waals surface area contributed by atoms with Gasteiger partial charge in [0.15, 0.2) is 0 Å². The molecule has 0 saturated carbocycles. The summed E-state index contributed by atoms with van der Waals surface area (Å²) in [4.78, 5) is 0. The minimum Gasteiger partial charge on any atom is -0.390 e. The van der Waals surface area contributed by atoms with Crippen LogP contribution in [0.3, 0.4) is 0 Å². The summed E-state index contributed by atoms with van der Waals surface area (Å²) >= 11 is 0. The lowest BCUT2D eigenvalue weighted by Crippen LogP contribution is -2.39. The second-order valence-corrected chi connectivity index (χ2v) is 4.85. The Morgan fingerprint density at radius 1 is 1.56 bits per heavy atom.